The largest absolute Gasteiger partial charge is 0.297 e. The van der Waals surface area contributed by atoms with Gasteiger partial charge in [0.2, 0.25) is 0 Å². The number of hydrogen-bond acceptors (Lipinski definition) is 4. The van der Waals surface area contributed by atoms with Gasteiger partial charge in [0.15, 0.2) is 0 Å². The van der Waals surface area contributed by atoms with Crippen LogP contribution in [0.2, 0.25) is 0 Å². The maximum absolute atomic E-state index is 4.80. The van der Waals surface area contributed by atoms with Crippen molar-refractivity contribution in [2.24, 2.45) is 7.05 Å². The molecule has 1 aliphatic heterocycles. The van der Waals surface area contributed by atoms with Gasteiger partial charge < -0.3 is 0 Å². The molecule has 1 aliphatic rings. The molecule has 3 aromatic rings. The van der Waals surface area contributed by atoms with Gasteiger partial charge in [0, 0.05) is 61.0 Å². The number of benzene rings is 1. The van der Waals surface area contributed by atoms with E-state index in [1.165, 1.54) is 21.7 Å². The summed E-state index contributed by atoms with van der Waals surface area (Å²) in [4.78, 5) is 8.06. The Bertz CT molecular complexity index is 777. The zero-order valence-corrected chi connectivity index (χ0v) is 14.1. The normalized spacial score (nSPS) is 15.3. The molecule has 3 heterocycles. The van der Waals surface area contributed by atoms with Crippen LogP contribution >= 0.6 is 11.3 Å². The Morgan fingerprint density at radius 3 is 2.74 bits per heavy atom. The SMILES string of the molecule is Cn1nc(-c2ccccc2)c2c1CCN(Cc1cncs1)CC2. The quantitative estimate of drug-likeness (QED) is 0.742. The Kier molecular flexibility index (Phi) is 3.97. The summed E-state index contributed by atoms with van der Waals surface area (Å²) in [5.74, 6) is 0. The monoisotopic (exact) mass is 324 g/mol. The van der Waals surface area contributed by atoms with Crippen LogP contribution in [0.25, 0.3) is 11.3 Å². The van der Waals surface area contributed by atoms with Crippen molar-refractivity contribution in [3.8, 4) is 11.3 Å². The predicted octanol–water partition coefficient (Wildman–Crippen LogP) is 3.14. The first-order chi connectivity index (χ1) is 11.3. The van der Waals surface area contributed by atoms with Crippen LogP contribution in [0.1, 0.15) is 16.1 Å². The minimum atomic E-state index is 1.01. The van der Waals surface area contributed by atoms with E-state index < -0.39 is 0 Å². The number of fused-ring (bicyclic) bond motifs is 1. The Morgan fingerprint density at radius 1 is 1.13 bits per heavy atom. The van der Waals surface area contributed by atoms with E-state index in [-0.39, 0.29) is 0 Å². The lowest BCUT2D eigenvalue weighted by Crippen LogP contribution is -2.25. The van der Waals surface area contributed by atoms with E-state index in [0.29, 0.717) is 0 Å². The number of rotatable bonds is 3. The van der Waals surface area contributed by atoms with E-state index in [0.717, 1.165) is 38.2 Å². The van der Waals surface area contributed by atoms with Gasteiger partial charge in [-0.2, -0.15) is 5.10 Å². The summed E-state index contributed by atoms with van der Waals surface area (Å²) in [6.07, 6.45) is 4.11. The highest BCUT2D eigenvalue weighted by Crippen LogP contribution is 2.28. The van der Waals surface area contributed by atoms with Crippen molar-refractivity contribution >= 4 is 11.3 Å². The Labute approximate surface area is 140 Å². The fraction of sp³-hybridized carbons (Fsp3) is 0.333. The molecule has 118 valence electrons. The summed E-state index contributed by atoms with van der Waals surface area (Å²) in [6.45, 7) is 3.17. The van der Waals surface area contributed by atoms with Crippen molar-refractivity contribution in [2.75, 3.05) is 13.1 Å². The van der Waals surface area contributed by atoms with Crippen LogP contribution in [0.15, 0.2) is 42.0 Å². The van der Waals surface area contributed by atoms with Crippen LogP contribution in [0.5, 0.6) is 0 Å². The first kappa shape index (κ1) is 14.6. The van der Waals surface area contributed by atoms with Crippen LogP contribution in [0, 0.1) is 0 Å². The van der Waals surface area contributed by atoms with Crippen molar-refractivity contribution < 1.29 is 0 Å². The van der Waals surface area contributed by atoms with Gasteiger partial charge >= 0.3 is 0 Å². The average molecular weight is 324 g/mol. The van der Waals surface area contributed by atoms with Gasteiger partial charge in [-0.25, -0.2) is 0 Å². The third kappa shape index (κ3) is 2.94. The van der Waals surface area contributed by atoms with Gasteiger partial charge in [-0.1, -0.05) is 30.3 Å². The standard InChI is InChI=1S/C18H20N4S/c1-21-17-8-10-22(12-15-11-19-13-23-15)9-7-16(17)18(20-21)14-5-3-2-4-6-14/h2-6,11,13H,7-10,12H2,1H3. The highest BCUT2D eigenvalue weighted by molar-refractivity contribution is 7.09. The van der Waals surface area contributed by atoms with Gasteiger partial charge in [-0.05, 0) is 6.42 Å². The molecule has 0 bridgehead atoms. The lowest BCUT2D eigenvalue weighted by molar-refractivity contribution is 0.280. The minimum Gasteiger partial charge on any atom is -0.297 e. The molecular formula is C18H20N4S. The van der Waals surface area contributed by atoms with Crippen molar-refractivity contribution in [3.63, 3.8) is 0 Å². The van der Waals surface area contributed by atoms with Crippen LogP contribution in [-0.2, 0) is 26.4 Å². The second kappa shape index (κ2) is 6.26. The first-order valence-corrected chi connectivity index (χ1v) is 8.89. The zero-order valence-electron chi connectivity index (χ0n) is 13.3. The molecular weight excluding hydrogens is 304 g/mol. The summed E-state index contributed by atoms with van der Waals surface area (Å²) in [6, 6.07) is 10.5. The van der Waals surface area contributed by atoms with Gasteiger partial charge in [0.1, 0.15) is 0 Å². The topological polar surface area (TPSA) is 34.0 Å². The lowest BCUT2D eigenvalue weighted by atomic mass is 10.0. The number of hydrogen-bond donors (Lipinski definition) is 0. The summed E-state index contributed by atoms with van der Waals surface area (Å²) < 4.78 is 2.08. The molecule has 0 N–H and O–H groups in total. The molecule has 0 saturated heterocycles. The highest BCUT2D eigenvalue weighted by atomic mass is 32.1. The summed E-state index contributed by atoms with van der Waals surface area (Å²) >= 11 is 1.74. The van der Waals surface area contributed by atoms with Crippen molar-refractivity contribution in [2.45, 2.75) is 19.4 Å². The maximum atomic E-state index is 4.80. The second-order valence-electron chi connectivity index (χ2n) is 6.01. The average Bonchev–Trinajstić information content (AvgIpc) is 3.13. The molecule has 0 radical (unpaired) electrons. The van der Waals surface area contributed by atoms with Crippen molar-refractivity contribution in [3.05, 3.63) is 58.2 Å². The second-order valence-corrected chi connectivity index (χ2v) is 6.98. The summed E-state index contributed by atoms with van der Waals surface area (Å²) in [5, 5.41) is 4.80. The number of aromatic nitrogens is 3. The molecule has 0 amide bonds. The first-order valence-electron chi connectivity index (χ1n) is 8.01. The fourth-order valence-electron chi connectivity index (χ4n) is 3.35. The molecule has 4 rings (SSSR count). The van der Waals surface area contributed by atoms with E-state index in [4.69, 9.17) is 5.10 Å². The molecule has 0 atom stereocenters. The van der Waals surface area contributed by atoms with E-state index in [1.54, 1.807) is 11.3 Å². The predicted molar refractivity (Wildman–Crippen MR) is 93.4 cm³/mol. The van der Waals surface area contributed by atoms with Crippen LogP contribution in [0.4, 0.5) is 0 Å². The third-order valence-corrected chi connectivity index (χ3v) is 5.29. The van der Waals surface area contributed by atoms with Gasteiger partial charge in [-0.3, -0.25) is 14.6 Å². The molecule has 0 unspecified atom stereocenters. The molecule has 5 heteroatoms. The summed E-state index contributed by atoms with van der Waals surface area (Å²) in [5.41, 5.74) is 7.10. The van der Waals surface area contributed by atoms with Gasteiger partial charge in [-0.15, -0.1) is 11.3 Å². The Hall–Kier alpha value is -1.98. The molecule has 4 nitrogen and oxygen atoms in total. The zero-order chi connectivity index (χ0) is 15.6. The molecule has 2 aromatic heterocycles. The smallest absolute Gasteiger partial charge is 0.0958 e. The van der Waals surface area contributed by atoms with Gasteiger partial charge in [0.05, 0.1) is 11.2 Å². The molecule has 1 aromatic carbocycles. The molecule has 23 heavy (non-hydrogen) atoms. The third-order valence-electron chi connectivity index (χ3n) is 4.53. The Morgan fingerprint density at radius 2 is 1.96 bits per heavy atom. The van der Waals surface area contributed by atoms with E-state index in [9.17, 15) is 0 Å². The lowest BCUT2D eigenvalue weighted by Gasteiger charge is -2.18. The Balaban J connectivity index is 1.59. The number of aryl methyl sites for hydroxylation is 1. The minimum absolute atomic E-state index is 1.01. The van der Waals surface area contributed by atoms with E-state index in [1.807, 2.05) is 11.7 Å². The molecule has 0 fully saturated rings. The molecule has 0 aliphatic carbocycles. The fourth-order valence-corrected chi connectivity index (χ4v) is 3.99. The number of nitrogens with zero attached hydrogens (tertiary/aromatic N) is 4. The van der Waals surface area contributed by atoms with Gasteiger partial charge in [0.25, 0.3) is 0 Å². The van der Waals surface area contributed by atoms with Crippen molar-refractivity contribution in [1.82, 2.24) is 19.7 Å². The molecule has 0 spiro atoms. The van der Waals surface area contributed by atoms with Crippen LogP contribution < -0.4 is 0 Å². The van der Waals surface area contributed by atoms with E-state index in [2.05, 4.69) is 51.9 Å². The van der Waals surface area contributed by atoms with Crippen LogP contribution in [0.3, 0.4) is 0 Å². The van der Waals surface area contributed by atoms with Crippen molar-refractivity contribution in [1.29, 1.82) is 0 Å². The summed E-state index contributed by atoms with van der Waals surface area (Å²) in [7, 11) is 2.07. The highest BCUT2D eigenvalue weighted by Gasteiger charge is 2.22. The molecule has 0 saturated carbocycles. The number of thiazole rings is 1. The van der Waals surface area contributed by atoms with Crippen LogP contribution in [-0.4, -0.2) is 32.8 Å². The maximum Gasteiger partial charge on any atom is 0.0958 e. The van der Waals surface area contributed by atoms with E-state index >= 15 is 0 Å².